The summed E-state index contributed by atoms with van der Waals surface area (Å²) >= 11 is 5.70. The molecular formula is C11H24ClNO. The lowest BCUT2D eigenvalue weighted by Crippen LogP contribution is -2.34. The van der Waals surface area contributed by atoms with Crippen molar-refractivity contribution in [3.63, 3.8) is 0 Å². The number of rotatable bonds is 10. The van der Waals surface area contributed by atoms with E-state index in [0.717, 1.165) is 19.6 Å². The topological polar surface area (TPSA) is 21.3 Å². The molecule has 0 aliphatic heterocycles. The van der Waals surface area contributed by atoms with Crippen LogP contribution in [0, 0.1) is 0 Å². The summed E-state index contributed by atoms with van der Waals surface area (Å²) in [5.41, 5.74) is 0. The maximum Gasteiger partial charge on any atom is 0.0616 e. The maximum absolute atomic E-state index is 5.70. The van der Waals surface area contributed by atoms with Gasteiger partial charge in [0.05, 0.1) is 6.61 Å². The van der Waals surface area contributed by atoms with Gasteiger partial charge in [0.25, 0.3) is 0 Å². The summed E-state index contributed by atoms with van der Waals surface area (Å²) in [5, 5.41) is 3.47. The van der Waals surface area contributed by atoms with Gasteiger partial charge in [-0.3, -0.25) is 0 Å². The first kappa shape index (κ1) is 14.2. The van der Waals surface area contributed by atoms with Crippen molar-refractivity contribution < 1.29 is 4.74 Å². The molecule has 0 saturated heterocycles. The van der Waals surface area contributed by atoms with Crippen LogP contribution in [0.15, 0.2) is 0 Å². The third-order valence-corrected chi connectivity index (χ3v) is 2.51. The zero-order chi connectivity index (χ0) is 10.6. The average molecular weight is 222 g/mol. The zero-order valence-electron chi connectivity index (χ0n) is 9.52. The fourth-order valence-electron chi connectivity index (χ4n) is 1.44. The Morgan fingerprint density at radius 2 is 2.07 bits per heavy atom. The molecule has 0 saturated carbocycles. The Morgan fingerprint density at radius 1 is 1.29 bits per heavy atom. The van der Waals surface area contributed by atoms with Crippen molar-refractivity contribution in [1.29, 1.82) is 0 Å². The van der Waals surface area contributed by atoms with Gasteiger partial charge in [-0.25, -0.2) is 0 Å². The summed E-state index contributed by atoms with van der Waals surface area (Å²) in [6, 6.07) is 0.430. The van der Waals surface area contributed by atoms with Gasteiger partial charge in [-0.05, 0) is 19.4 Å². The van der Waals surface area contributed by atoms with Gasteiger partial charge in [0, 0.05) is 19.0 Å². The number of hydrogen-bond donors (Lipinski definition) is 1. The summed E-state index contributed by atoms with van der Waals surface area (Å²) in [6.07, 6.45) is 6.21. The third kappa shape index (κ3) is 8.79. The molecule has 1 N–H and O–H groups in total. The molecule has 14 heavy (non-hydrogen) atoms. The van der Waals surface area contributed by atoms with E-state index in [1.54, 1.807) is 7.11 Å². The fourth-order valence-corrected chi connectivity index (χ4v) is 1.70. The minimum atomic E-state index is 0.430. The minimum Gasteiger partial charge on any atom is -0.383 e. The van der Waals surface area contributed by atoms with Gasteiger partial charge in [-0.15, -0.1) is 11.6 Å². The van der Waals surface area contributed by atoms with E-state index in [-0.39, 0.29) is 0 Å². The molecule has 0 fully saturated rings. The standard InChI is InChI=1S/C11H24ClNO/c1-3-4-5-6-9-13-11(7-8-12)10-14-2/h11,13H,3-10H2,1-2H3. The largest absolute Gasteiger partial charge is 0.383 e. The predicted octanol–water partition coefficient (Wildman–Crippen LogP) is 2.80. The lowest BCUT2D eigenvalue weighted by Gasteiger charge is -2.16. The highest BCUT2D eigenvalue weighted by Crippen LogP contribution is 1.99. The lowest BCUT2D eigenvalue weighted by atomic mass is 10.2. The van der Waals surface area contributed by atoms with Crippen LogP contribution in [0.25, 0.3) is 0 Å². The Labute approximate surface area is 93.4 Å². The van der Waals surface area contributed by atoms with Crippen molar-refractivity contribution in [2.24, 2.45) is 0 Å². The van der Waals surface area contributed by atoms with Crippen molar-refractivity contribution in [3.8, 4) is 0 Å². The molecule has 86 valence electrons. The number of methoxy groups -OCH3 is 1. The Morgan fingerprint density at radius 3 is 2.64 bits per heavy atom. The molecule has 0 aromatic rings. The minimum absolute atomic E-state index is 0.430. The Kier molecular flexibility index (Phi) is 11.5. The molecule has 2 nitrogen and oxygen atoms in total. The van der Waals surface area contributed by atoms with E-state index >= 15 is 0 Å². The Balaban J connectivity index is 3.30. The molecule has 0 bridgehead atoms. The molecule has 0 radical (unpaired) electrons. The molecule has 0 aliphatic carbocycles. The fraction of sp³-hybridized carbons (Fsp3) is 1.00. The predicted molar refractivity (Wildman–Crippen MR) is 63.1 cm³/mol. The van der Waals surface area contributed by atoms with Crippen LogP contribution in [-0.4, -0.2) is 32.2 Å². The van der Waals surface area contributed by atoms with Gasteiger partial charge in [-0.2, -0.15) is 0 Å². The monoisotopic (exact) mass is 221 g/mol. The highest BCUT2D eigenvalue weighted by molar-refractivity contribution is 6.17. The van der Waals surface area contributed by atoms with Crippen LogP contribution in [0.2, 0.25) is 0 Å². The van der Waals surface area contributed by atoms with Gasteiger partial charge < -0.3 is 10.1 Å². The van der Waals surface area contributed by atoms with Gasteiger partial charge >= 0.3 is 0 Å². The second-order valence-electron chi connectivity index (χ2n) is 3.64. The first-order valence-electron chi connectivity index (χ1n) is 5.63. The lowest BCUT2D eigenvalue weighted by molar-refractivity contribution is 0.164. The first-order valence-corrected chi connectivity index (χ1v) is 6.16. The van der Waals surface area contributed by atoms with E-state index in [4.69, 9.17) is 16.3 Å². The Hall–Kier alpha value is 0.210. The summed E-state index contributed by atoms with van der Waals surface area (Å²) in [5.74, 6) is 0.704. The van der Waals surface area contributed by atoms with Crippen molar-refractivity contribution in [2.75, 3.05) is 26.1 Å². The molecule has 0 amide bonds. The van der Waals surface area contributed by atoms with Crippen LogP contribution in [0.4, 0.5) is 0 Å². The van der Waals surface area contributed by atoms with Crippen molar-refractivity contribution in [3.05, 3.63) is 0 Å². The van der Waals surface area contributed by atoms with E-state index in [2.05, 4.69) is 12.2 Å². The number of ether oxygens (including phenoxy) is 1. The molecule has 0 spiro atoms. The molecule has 0 rings (SSSR count). The number of unbranched alkanes of at least 4 members (excludes halogenated alkanes) is 3. The van der Waals surface area contributed by atoms with Crippen molar-refractivity contribution in [2.45, 2.75) is 45.1 Å². The second kappa shape index (κ2) is 11.3. The number of alkyl halides is 1. The summed E-state index contributed by atoms with van der Waals surface area (Å²) in [7, 11) is 1.74. The first-order chi connectivity index (χ1) is 6.85. The summed E-state index contributed by atoms with van der Waals surface area (Å²) < 4.78 is 5.11. The highest BCUT2D eigenvalue weighted by Gasteiger charge is 2.05. The van der Waals surface area contributed by atoms with Crippen molar-refractivity contribution >= 4 is 11.6 Å². The van der Waals surface area contributed by atoms with Crippen LogP contribution in [0.1, 0.15) is 39.0 Å². The number of hydrogen-bond acceptors (Lipinski definition) is 2. The van der Waals surface area contributed by atoms with Gasteiger partial charge in [0.15, 0.2) is 0 Å². The average Bonchev–Trinajstić information content (AvgIpc) is 2.18. The quantitative estimate of drug-likeness (QED) is 0.453. The highest BCUT2D eigenvalue weighted by atomic mass is 35.5. The molecule has 1 atom stereocenters. The zero-order valence-corrected chi connectivity index (χ0v) is 10.3. The number of nitrogens with one attached hydrogen (secondary N) is 1. The maximum atomic E-state index is 5.70. The third-order valence-electron chi connectivity index (χ3n) is 2.29. The normalized spacial score (nSPS) is 13.1. The molecule has 0 aliphatic rings. The van der Waals surface area contributed by atoms with Crippen LogP contribution in [-0.2, 0) is 4.74 Å². The molecule has 1 unspecified atom stereocenters. The number of halogens is 1. The van der Waals surface area contributed by atoms with E-state index in [0.29, 0.717) is 11.9 Å². The van der Waals surface area contributed by atoms with E-state index in [9.17, 15) is 0 Å². The van der Waals surface area contributed by atoms with Crippen LogP contribution < -0.4 is 5.32 Å². The van der Waals surface area contributed by atoms with Crippen LogP contribution in [0.3, 0.4) is 0 Å². The van der Waals surface area contributed by atoms with Crippen LogP contribution in [0.5, 0.6) is 0 Å². The summed E-state index contributed by atoms with van der Waals surface area (Å²) in [4.78, 5) is 0. The molecule has 3 heteroatoms. The molecule has 0 heterocycles. The molecular weight excluding hydrogens is 198 g/mol. The van der Waals surface area contributed by atoms with E-state index in [1.807, 2.05) is 0 Å². The molecule has 0 aromatic heterocycles. The van der Waals surface area contributed by atoms with E-state index < -0.39 is 0 Å². The van der Waals surface area contributed by atoms with Gasteiger partial charge in [0.2, 0.25) is 0 Å². The van der Waals surface area contributed by atoms with Gasteiger partial charge in [0.1, 0.15) is 0 Å². The SMILES string of the molecule is CCCCCCNC(CCCl)COC. The van der Waals surface area contributed by atoms with Crippen molar-refractivity contribution in [1.82, 2.24) is 5.32 Å². The molecule has 0 aromatic carbocycles. The smallest absolute Gasteiger partial charge is 0.0616 e. The summed E-state index contributed by atoms with van der Waals surface area (Å²) in [6.45, 7) is 4.08. The van der Waals surface area contributed by atoms with Gasteiger partial charge in [-0.1, -0.05) is 26.2 Å². The second-order valence-corrected chi connectivity index (χ2v) is 4.02. The van der Waals surface area contributed by atoms with E-state index in [1.165, 1.54) is 25.7 Å². The Bertz CT molecular complexity index is 105. The van der Waals surface area contributed by atoms with Crippen LogP contribution >= 0.6 is 11.6 Å².